The molecule has 2 aromatic rings. The maximum absolute atomic E-state index is 11.7. The molecule has 0 unspecified atom stereocenters. The van der Waals surface area contributed by atoms with E-state index in [2.05, 4.69) is 10.3 Å². The average molecular weight is 273 g/mol. The number of nitrogens with one attached hydrogen (secondary N) is 1. The van der Waals surface area contributed by atoms with Crippen LogP contribution >= 0.6 is 0 Å². The maximum atomic E-state index is 11.7. The molecule has 0 radical (unpaired) electrons. The first-order chi connectivity index (χ1) is 9.54. The minimum atomic E-state index is -0.869. The first-order valence-electron chi connectivity index (χ1n) is 5.91. The number of amides is 1. The number of carbonyl (C=O) groups is 2. The van der Waals surface area contributed by atoms with Crippen LogP contribution in [-0.4, -0.2) is 21.6 Å². The lowest BCUT2D eigenvalue weighted by Crippen LogP contribution is -2.22. The van der Waals surface area contributed by atoms with Crippen molar-refractivity contribution in [2.75, 3.05) is 5.32 Å². The number of nitro benzene ring substituents is 1. The van der Waals surface area contributed by atoms with Crippen molar-refractivity contribution in [3.8, 4) is 0 Å². The molecule has 0 aliphatic heterocycles. The Balaban J connectivity index is 2.58. The topological polar surface area (TPSA) is 102 Å². The highest BCUT2D eigenvalue weighted by molar-refractivity contribution is 6.41. The van der Waals surface area contributed by atoms with E-state index >= 15 is 0 Å². The molecular weight excluding hydrogens is 262 g/mol. The number of ketones is 1. The van der Waals surface area contributed by atoms with Gasteiger partial charge in [-0.05, 0) is 18.2 Å². The first-order valence-corrected chi connectivity index (χ1v) is 5.91. The number of nitro groups is 1. The van der Waals surface area contributed by atoms with Gasteiger partial charge < -0.3 is 5.32 Å². The van der Waals surface area contributed by atoms with Crippen LogP contribution in [0.1, 0.15) is 13.3 Å². The van der Waals surface area contributed by atoms with E-state index in [1.54, 1.807) is 19.1 Å². The summed E-state index contributed by atoms with van der Waals surface area (Å²) >= 11 is 0. The first kappa shape index (κ1) is 13.6. The third kappa shape index (κ3) is 2.46. The highest BCUT2D eigenvalue weighted by Crippen LogP contribution is 2.32. The number of benzene rings is 1. The molecule has 1 N–H and O–H groups in total. The van der Waals surface area contributed by atoms with Crippen LogP contribution in [0.3, 0.4) is 0 Å². The number of nitrogens with zero attached hydrogens (tertiary/aromatic N) is 2. The minimum absolute atomic E-state index is 0.00704. The molecule has 0 saturated heterocycles. The molecule has 0 saturated carbocycles. The van der Waals surface area contributed by atoms with Crippen LogP contribution in [-0.2, 0) is 9.59 Å². The maximum Gasteiger partial charge on any atom is 0.293 e. The Kier molecular flexibility index (Phi) is 3.69. The monoisotopic (exact) mass is 273 g/mol. The molecular formula is C13H11N3O4. The van der Waals surface area contributed by atoms with Crippen molar-refractivity contribution in [1.82, 2.24) is 4.98 Å². The summed E-state index contributed by atoms with van der Waals surface area (Å²) in [7, 11) is 0. The Morgan fingerprint density at radius 1 is 1.35 bits per heavy atom. The fraction of sp³-hybridized carbons (Fsp3) is 0.154. The number of anilines is 1. The zero-order chi connectivity index (χ0) is 14.7. The van der Waals surface area contributed by atoms with Crippen molar-refractivity contribution in [3.05, 3.63) is 40.6 Å². The second-order valence-corrected chi connectivity index (χ2v) is 4.02. The average Bonchev–Trinajstić information content (AvgIpc) is 2.46. The van der Waals surface area contributed by atoms with Gasteiger partial charge in [-0.3, -0.25) is 24.7 Å². The van der Waals surface area contributed by atoms with Crippen molar-refractivity contribution in [3.63, 3.8) is 0 Å². The number of hydrogen-bond acceptors (Lipinski definition) is 5. The molecule has 1 heterocycles. The number of aromatic nitrogens is 1. The van der Waals surface area contributed by atoms with E-state index in [0.717, 1.165) is 0 Å². The Hall–Kier alpha value is -2.83. The van der Waals surface area contributed by atoms with Crippen molar-refractivity contribution in [1.29, 1.82) is 0 Å². The summed E-state index contributed by atoms with van der Waals surface area (Å²) in [4.78, 5) is 37.5. The Morgan fingerprint density at radius 3 is 2.75 bits per heavy atom. The Labute approximate surface area is 113 Å². The van der Waals surface area contributed by atoms with Gasteiger partial charge in [0.2, 0.25) is 5.78 Å². The molecule has 1 aromatic carbocycles. The molecule has 20 heavy (non-hydrogen) atoms. The second-order valence-electron chi connectivity index (χ2n) is 4.02. The Morgan fingerprint density at radius 2 is 2.10 bits per heavy atom. The molecule has 7 heteroatoms. The van der Waals surface area contributed by atoms with E-state index in [1.165, 1.54) is 18.3 Å². The molecule has 102 valence electrons. The highest BCUT2D eigenvalue weighted by Gasteiger charge is 2.21. The summed E-state index contributed by atoms with van der Waals surface area (Å²) in [6, 6.07) is 5.94. The van der Waals surface area contributed by atoms with E-state index in [9.17, 15) is 19.7 Å². The van der Waals surface area contributed by atoms with Gasteiger partial charge in [0.15, 0.2) is 0 Å². The molecule has 0 atom stereocenters. The summed E-state index contributed by atoms with van der Waals surface area (Å²) in [6.07, 6.45) is 1.57. The molecule has 0 aliphatic carbocycles. The predicted molar refractivity (Wildman–Crippen MR) is 72.3 cm³/mol. The van der Waals surface area contributed by atoms with Crippen LogP contribution in [0.25, 0.3) is 10.9 Å². The normalized spacial score (nSPS) is 10.2. The minimum Gasteiger partial charge on any atom is -0.313 e. The summed E-state index contributed by atoms with van der Waals surface area (Å²) in [6.45, 7) is 1.54. The van der Waals surface area contributed by atoms with Gasteiger partial charge in [-0.15, -0.1) is 0 Å². The van der Waals surface area contributed by atoms with Crippen LogP contribution in [0.15, 0.2) is 30.5 Å². The quantitative estimate of drug-likeness (QED) is 0.521. The molecule has 1 aromatic heterocycles. The number of Topliss-reactive ketones (excluding diaryl/α,β-unsaturated/α-hetero) is 1. The van der Waals surface area contributed by atoms with Crippen LogP contribution < -0.4 is 5.32 Å². The number of hydrogen-bond donors (Lipinski definition) is 1. The molecule has 0 aliphatic rings. The van der Waals surface area contributed by atoms with Crippen LogP contribution in [0, 0.1) is 10.1 Å². The molecule has 1 amide bonds. The van der Waals surface area contributed by atoms with E-state index in [-0.39, 0.29) is 17.8 Å². The van der Waals surface area contributed by atoms with Gasteiger partial charge in [0.1, 0.15) is 5.69 Å². The van der Waals surface area contributed by atoms with Gasteiger partial charge >= 0.3 is 0 Å². The van der Waals surface area contributed by atoms with E-state index in [4.69, 9.17) is 0 Å². The standard InChI is InChI=1S/C13H11N3O4/c1-2-11(17)13(18)15-12-8-4-3-7-14-9(8)5-6-10(12)16(19)20/h3-7H,2H2,1H3,(H,15,18). The van der Waals surface area contributed by atoms with Gasteiger partial charge in [0.25, 0.3) is 11.6 Å². The lowest BCUT2D eigenvalue weighted by Gasteiger charge is -2.08. The van der Waals surface area contributed by atoms with Crippen molar-refractivity contribution < 1.29 is 14.5 Å². The van der Waals surface area contributed by atoms with Crippen LogP contribution in [0.5, 0.6) is 0 Å². The van der Waals surface area contributed by atoms with Gasteiger partial charge in [-0.25, -0.2) is 0 Å². The van der Waals surface area contributed by atoms with Gasteiger partial charge in [0.05, 0.1) is 10.4 Å². The number of pyridine rings is 1. The van der Waals surface area contributed by atoms with Gasteiger partial charge in [0, 0.05) is 24.1 Å². The van der Waals surface area contributed by atoms with Crippen molar-refractivity contribution in [2.24, 2.45) is 0 Å². The summed E-state index contributed by atoms with van der Waals surface area (Å²) in [5, 5.41) is 13.8. The SMILES string of the molecule is CCC(=O)C(=O)Nc1c([N+](=O)[O-])ccc2ncccc12. The summed E-state index contributed by atoms with van der Waals surface area (Å²) < 4.78 is 0. The third-order valence-electron chi connectivity index (χ3n) is 2.77. The number of rotatable bonds is 4. The van der Waals surface area contributed by atoms with Crippen LogP contribution in [0.2, 0.25) is 0 Å². The molecule has 0 bridgehead atoms. The summed E-state index contributed by atoms with van der Waals surface area (Å²) in [5.74, 6) is -1.51. The van der Waals surface area contributed by atoms with E-state index in [1.807, 2.05) is 0 Å². The lowest BCUT2D eigenvalue weighted by atomic mass is 10.1. The molecule has 0 spiro atoms. The Bertz CT molecular complexity index is 712. The van der Waals surface area contributed by atoms with E-state index < -0.39 is 16.6 Å². The number of fused-ring (bicyclic) bond motifs is 1. The largest absolute Gasteiger partial charge is 0.313 e. The smallest absolute Gasteiger partial charge is 0.293 e. The van der Waals surface area contributed by atoms with Crippen LogP contribution in [0.4, 0.5) is 11.4 Å². The fourth-order valence-corrected chi connectivity index (χ4v) is 1.77. The zero-order valence-electron chi connectivity index (χ0n) is 10.6. The molecule has 2 rings (SSSR count). The van der Waals surface area contributed by atoms with Gasteiger partial charge in [-0.1, -0.05) is 6.92 Å². The number of carbonyl (C=O) groups excluding carboxylic acids is 2. The molecule has 0 fully saturated rings. The van der Waals surface area contributed by atoms with E-state index in [0.29, 0.717) is 10.9 Å². The fourth-order valence-electron chi connectivity index (χ4n) is 1.77. The van der Waals surface area contributed by atoms with Crippen molar-refractivity contribution in [2.45, 2.75) is 13.3 Å². The lowest BCUT2D eigenvalue weighted by molar-refractivity contribution is -0.383. The second kappa shape index (κ2) is 5.43. The highest BCUT2D eigenvalue weighted by atomic mass is 16.6. The van der Waals surface area contributed by atoms with Gasteiger partial charge in [-0.2, -0.15) is 0 Å². The predicted octanol–water partition coefficient (Wildman–Crippen LogP) is 2.06. The van der Waals surface area contributed by atoms with Crippen molar-refractivity contribution >= 4 is 34.0 Å². The molecule has 7 nitrogen and oxygen atoms in total. The third-order valence-corrected chi connectivity index (χ3v) is 2.77. The summed E-state index contributed by atoms with van der Waals surface area (Å²) in [5.41, 5.74) is 0.215. The zero-order valence-corrected chi connectivity index (χ0v) is 10.6.